The molecule has 0 aromatic carbocycles. The second-order valence-electron chi connectivity index (χ2n) is 7.74. The largest absolute Gasteiger partial charge is 0.318 e. The third kappa shape index (κ3) is 3.77. The van der Waals surface area contributed by atoms with Crippen LogP contribution >= 0.6 is 0 Å². The zero-order chi connectivity index (χ0) is 23.3. The van der Waals surface area contributed by atoms with Crippen molar-refractivity contribution in [3.8, 4) is 17.1 Å². The second-order valence-corrected chi connectivity index (χ2v) is 7.74. The molecule has 166 valence electrons. The average molecular weight is 448 g/mol. The first-order chi connectivity index (χ1) is 15.7. The van der Waals surface area contributed by atoms with E-state index in [9.17, 15) is 13.6 Å². The van der Waals surface area contributed by atoms with Gasteiger partial charge < -0.3 is 14.5 Å². The molecule has 0 spiro atoms. The molecule has 5 rings (SSSR count). The molecule has 0 saturated heterocycles. The highest BCUT2D eigenvalue weighted by Gasteiger charge is 2.30. The summed E-state index contributed by atoms with van der Waals surface area (Å²) in [5, 5.41) is 3.38. The number of imidazole rings is 1. The molecule has 5 aromatic rings. The van der Waals surface area contributed by atoms with E-state index in [0.29, 0.717) is 28.1 Å². The lowest BCUT2D eigenvalue weighted by Gasteiger charge is -2.14. The van der Waals surface area contributed by atoms with Gasteiger partial charge in [-0.05, 0) is 12.1 Å². The molecule has 0 aliphatic heterocycles. The summed E-state index contributed by atoms with van der Waals surface area (Å²) in [6.45, 7) is 2.13. The number of nitrogens with zero attached hydrogens (tertiary/aromatic N) is 7. The van der Waals surface area contributed by atoms with Crippen LogP contribution < -0.4 is 5.32 Å². The molecule has 1 amide bonds. The zero-order valence-corrected chi connectivity index (χ0v) is 17.9. The number of hydrogen-bond donors (Lipinski definition) is 1. The van der Waals surface area contributed by atoms with Gasteiger partial charge >= 0.3 is 5.92 Å². The van der Waals surface area contributed by atoms with E-state index in [1.165, 1.54) is 6.92 Å². The van der Waals surface area contributed by atoms with E-state index in [1.54, 1.807) is 58.3 Å². The van der Waals surface area contributed by atoms with E-state index in [1.807, 2.05) is 7.05 Å². The number of fused-ring (bicyclic) bond motifs is 2. The highest BCUT2D eigenvalue weighted by atomic mass is 19.3. The predicted molar refractivity (Wildman–Crippen MR) is 118 cm³/mol. The fourth-order valence-electron chi connectivity index (χ4n) is 3.53. The van der Waals surface area contributed by atoms with Crippen LogP contribution in [0.25, 0.3) is 39.1 Å². The highest BCUT2D eigenvalue weighted by Crippen LogP contribution is 2.30. The molecule has 0 bridgehead atoms. The minimum atomic E-state index is -3.26. The number of carbonyl (C=O) groups is 1. The van der Waals surface area contributed by atoms with E-state index in [2.05, 4.69) is 30.2 Å². The Morgan fingerprint density at radius 1 is 1.09 bits per heavy atom. The van der Waals surface area contributed by atoms with Crippen molar-refractivity contribution >= 4 is 33.8 Å². The molecule has 0 aliphatic carbocycles. The zero-order valence-electron chi connectivity index (χ0n) is 17.9. The van der Waals surface area contributed by atoms with E-state index in [-0.39, 0.29) is 17.4 Å². The standard InChI is InChI=1S/C22H18F2N8O/c1-12(33)28-18-8-17-13(9-25-18)4-5-32(17)19-7-15(29-21(30-19)22(2,23)24)14-6-16-20(26-10-14)31(3)11-27-16/h4-11H,1-3H3,(H,25,28,33). The number of carbonyl (C=O) groups excluding carboxylic acids is 1. The van der Waals surface area contributed by atoms with Gasteiger partial charge in [0.25, 0.3) is 0 Å². The summed E-state index contributed by atoms with van der Waals surface area (Å²) < 4.78 is 32.1. The Hall–Kier alpha value is -4.28. The van der Waals surface area contributed by atoms with Gasteiger partial charge in [0.15, 0.2) is 5.65 Å². The summed E-state index contributed by atoms with van der Waals surface area (Å²) >= 11 is 0. The molecule has 5 aromatic heterocycles. The van der Waals surface area contributed by atoms with Crippen LogP contribution in [-0.2, 0) is 17.8 Å². The van der Waals surface area contributed by atoms with Gasteiger partial charge in [0.05, 0.1) is 17.5 Å². The Kier molecular flexibility index (Phi) is 4.62. The van der Waals surface area contributed by atoms with Crippen molar-refractivity contribution < 1.29 is 13.6 Å². The maximum Gasteiger partial charge on any atom is 0.303 e. The predicted octanol–water partition coefficient (Wildman–Crippen LogP) is 3.83. The minimum absolute atomic E-state index is 0.243. The highest BCUT2D eigenvalue weighted by molar-refractivity contribution is 5.91. The molecule has 0 atom stereocenters. The monoisotopic (exact) mass is 448 g/mol. The Morgan fingerprint density at radius 2 is 1.91 bits per heavy atom. The van der Waals surface area contributed by atoms with Crippen molar-refractivity contribution in [2.24, 2.45) is 7.05 Å². The van der Waals surface area contributed by atoms with Gasteiger partial charge in [0.1, 0.15) is 17.2 Å². The lowest BCUT2D eigenvalue weighted by atomic mass is 10.2. The lowest BCUT2D eigenvalue weighted by Crippen LogP contribution is -2.15. The number of nitrogens with one attached hydrogen (secondary N) is 1. The number of rotatable bonds is 4. The van der Waals surface area contributed by atoms with E-state index in [4.69, 9.17) is 0 Å². The fourth-order valence-corrected chi connectivity index (χ4v) is 3.53. The van der Waals surface area contributed by atoms with Gasteiger partial charge in [0.2, 0.25) is 11.7 Å². The molecule has 11 heteroatoms. The van der Waals surface area contributed by atoms with Gasteiger partial charge in [-0.1, -0.05) is 0 Å². The summed E-state index contributed by atoms with van der Waals surface area (Å²) in [5.74, 6) is -3.56. The van der Waals surface area contributed by atoms with Crippen LogP contribution in [0.15, 0.2) is 49.2 Å². The van der Waals surface area contributed by atoms with E-state index >= 15 is 0 Å². The van der Waals surface area contributed by atoms with Crippen LogP contribution in [0.4, 0.5) is 14.6 Å². The number of halogens is 2. The first-order valence-corrected chi connectivity index (χ1v) is 9.99. The number of hydrogen-bond acceptors (Lipinski definition) is 6. The Bertz CT molecular complexity index is 1530. The first kappa shape index (κ1) is 20.6. The van der Waals surface area contributed by atoms with E-state index < -0.39 is 11.7 Å². The van der Waals surface area contributed by atoms with Gasteiger partial charge in [-0.25, -0.2) is 24.9 Å². The maximum absolute atomic E-state index is 14.3. The lowest BCUT2D eigenvalue weighted by molar-refractivity contribution is -0.114. The summed E-state index contributed by atoms with van der Waals surface area (Å²) in [6, 6.07) is 6.80. The SMILES string of the molecule is CC(=O)Nc1cc2c(ccn2-c2cc(-c3cnc4c(c3)ncn4C)nc(C(C)(F)F)n2)cn1. The van der Waals surface area contributed by atoms with Crippen molar-refractivity contribution in [2.75, 3.05) is 5.32 Å². The summed E-state index contributed by atoms with van der Waals surface area (Å²) in [7, 11) is 1.82. The molecule has 33 heavy (non-hydrogen) atoms. The van der Waals surface area contributed by atoms with Crippen LogP contribution in [0.1, 0.15) is 19.7 Å². The van der Waals surface area contributed by atoms with Crippen LogP contribution in [0.5, 0.6) is 0 Å². The van der Waals surface area contributed by atoms with Crippen molar-refractivity contribution in [3.05, 3.63) is 55.0 Å². The van der Waals surface area contributed by atoms with Crippen molar-refractivity contribution in [3.63, 3.8) is 0 Å². The molecule has 5 heterocycles. The van der Waals surface area contributed by atoms with Gasteiger partial charge in [-0.3, -0.25) is 4.79 Å². The van der Waals surface area contributed by atoms with Crippen LogP contribution in [0, 0.1) is 0 Å². The summed E-state index contributed by atoms with van der Waals surface area (Å²) in [4.78, 5) is 32.5. The van der Waals surface area contributed by atoms with Crippen molar-refractivity contribution in [1.29, 1.82) is 0 Å². The summed E-state index contributed by atoms with van der Waals surface area (Å²) in [5.41, 5.74) is 2.75. The smallest absolute Gasteiger partial charge is 0.303 e. The Labute approximate surface area is 186 Å². The second kappa shape index (κ2) is 7.40. The van der Waals surface area contributed by atoms with E-state index in [0.717, 1.165) is 12.3 Å². The molecular weight excluding hydrogens is 430 g/mol. The van der Waals surface area contributed by atoms with Gasteiger partial charge in [-0.2, -0.15) is 8.78 Å². The number of pyridine rings is 2. The third-order valence-corrected chi connectivity index (χ3v) is 5.08. The minimum Gasteiger partial charge on any atom is -0.318 e. The Balaban J connectivity index is 1.70. The number of alkyl halides is 2. The number of aryl methyl sites for hydroxylation is 1. The molecule has 9 nitrogen and oxygen atoms in total. The van der Waals surface area contributed by atoms with Crippen molar-refractivity contribution in [2.45, 2.75) is 19.8 Å². The molecule has 0 unspecified atom stereocenters. The molecule has 1 N–H and O–H groups in total. The Morgan fingerprint density at radius 3 is 2.67 bits per heavy atom. The number of amides is 1. The molecule has 0 saturated carbocycles. The topological polar surface area (TPSA) is 103 Å². The normalized spacial score (nSPS) is 11.9. The average Bonchev–Trinajstić information content (AvgIpc) is 3.35. The molecule has 0 aliphatic rings. The van der Waals surface area contributed by atoms with Crippen LogP contribution in [0.2, 0.25) is 0 Å². The van der Waals surface area contributed by atoms with Crippen molar-refractivity contribution in [1.82, 2.24) is 34.1 Å². The van der Waals surface area contributed by atoms with Gasteiger partial charge in [-0.15, -0.1) is 0 Å². The number of anilines is 1. The molecular formula is C22H18F2N8O. The third-order valence-electron chi connectivity index (χ3n) is 5.08. The first-order valence-electron chi connectivity index (χ1n) is 9.99. The molecule has 0 radical (unpaired) electrons. The molecule has 0 fully saturated rings. The number of aromatic nitrogens is 7. The van der Waals surface area contributed by atoms with Gasteiger partial charge in [0, 0.05) is 62.6 Å². The quantitative estimate of drug-likeness (QED) is 0.448. The summed E-state index contributed by atoms with van der Waals surface area (Å²) in [6.07, 6.45) is 6.49. The fraction of sp³-hybridized carbons (Fsp3) is 0.182. The van der Waals surface area contributed by atoms with Crippen LogP contribution in [-0.4, -0.2) is 40.0 Å². The van der Waals surface area contributed by atoms with Crippen LogP contribution in [0.3, 0.4) is 0 Å². The maximum atomic E-state index is 14.3.